The molecule has 0 saturated heterocycles. The maximum atomic E-state index is 13.2. The first-order valence-corrected chi connectivity index (χ1v) is 13.1. The van der Waals surface area contributed by atoms with Crippen molar-refractivity contribution in [3.8, 4) is 5.75 Å². The van der Waals surface area contributed by atoms with Crippen LogP contribution in [0.1, 0.15) is 37.8 Å². The Hall–Kier alpha value is -2.95. The van der Waals surface area contributed by atoms with Crippen molar-refractivity contribution in [2.75, 3.05) is 26.8 Å². The summed E-state index contributed by atoms with van der Waals surface area (Å²) >= 11 is 0. The minimum absolute atomic E-state index is 0.0300. The number of aliphatic hydroxyl groups excluding tert-OH is 1. The van der Waals surface area contributed by atoms with Crippen LogP contribution in [-0.2, 0) is 32.6 Å². The lowest BCUT2D eigenvalue weighted by atomic mass is 10.1. The monoisotopic (exact) mass is 505 g/mol. The molecule has 0 aliphatic carbocycles. The van der Waals surface area contributed by atoms with Gasteiger partial charge in [0, 0.05) is 32.7 Å². The summed E-state index contributed by atoms with van der Waals surface area (Å²) in [5.41, 5.74) is 1.67. The van der Waals surface area contributed by atoms with Gasteiger partial charge in [-0.25, -0.2) is 13.1 Å². The van der Waals surface area contributed by atoms with Gasteiger partial charge in [0.1, 0.15) is 11.8 Å². The molecule has 0 spiro atoms. The van der Waals surface area contributed by atoms with Crippen molar-refractivity contribution < 1.29 is 27.9 Å². The first kappa shape index (κ1) is 28.3. The zero-order valence-electron chi connectivity index (χ0n) is 20.5. The maximum Gasteiger partial charge on any atom is 0.242 e. The molecule has 0 aromatic heterocycles. The van der Waals surface area contributed by atoms with Crippen LogP contribution >= 0.6 is 0 Å². The average molecular weight is 506 g/mol. The maximum absolute atomic E-state index is 13.2. The second-order valence-corrected chi connectivity index (χ2v) is 9.83. The second kappa shape index (κ2) is 13.8. The van der Waals surface area contributed by atoms with E-state index in [2.05, 4.69) is 10.0 Å². The number of methoxy groups -OCH3 is 1. The fourth-order valence-electron chi connectivity index (χ4n) is 3.45. The van der Waals surface area contributed by atoms with E-state index in [9.17, 15) is 18.0 Å². The normalized spacial score (nSPS) is 12.1. The number of sulfonamides is 1. The zero-order chi connectivity index (χ0) is 25.8. The predicted octanol–water partition coefficient (Wildman–Crippen LogP) is 1.84. The molecule has 2 amide bonds. The van der Waals surface area contributed by atoms with Gasteiger partial charge in [-0.3, -0.25) is 9.59 Å². The summed E-state index contributed by atoms with van der Waals surface area (Å²) < 4.78 is 31.9. The highest BCUT2D eigenvalue weighted by atomic mass is 32.2. The van der Waals surface area contributed by atoms with Crippen LogP contribution in [0.5, 0.6) is 5.75 Å². The number of nitrogens with zero attached hydrogens (tertiary/aromatic N) is 1. The molecule has 0 radical (unpaired) electrons. The van der Waals surface area contributed by atoms with E-state index < -0.39 is 16.1 Å². The third-order valence-electron chi connectivity index (χ3n) is 5.51. The number of hydrogen-bond acceptors (Lipinski definition) is 6. The molecule has 2 aromatic rings. The van der Waals surface area contributed by atoms with Crippen molar-refractivity contribution in [1.29, 1.82) is 0 Å². The Morgan fingerprint density at radius 3 is 2.26 bits per heavy atom. The fraction of sp³-hybridized carbons (Fsp3) is 0.440. The van der Waals surface area contributed by atoms with Gasteiger partial charge in [-0.15, -0.1) is 0 Å². The van der Waals surface area contributed by atoms with Crippen LogP contribution in [0, 0.1) is 0 Å². The number of aliphatic hydroxyl groups is 1. The molecule has 2 rings (SSSR count). The Bertz CT molecular complexity index is 1060. The summed E-state index contributed by atoms with van der Waals surface area (Å²) in [5, 5.41) is 11.7. The second-order valence-electron chi connectivity index (χ2n) is 8.06. The number of ether oxygens (including phenoxy) is 1. The number of amides is 2. The van der Waals surface area contributed by atoms with E-state index >= 15 is 0 Å². The summed E-state index contributed by atoms with van der Waals surface area (Å²) in [5.74, 6) is 0.203. The Morgan fingerprint density at radius 2 is 1.69 bits per heavy atom. The SMILES string of the molecule is CCNS(=O)(=O)c1ccc(CCC(=O)N(Cc2ccc(OC)cc2)C(C)C(=O)NCCCO)cc1. The van der Waals surface area contributed by atoms with Crippen molar-refractivity contribution in [3.63, 3.8) is 0 Å². The number of hydrogen-bond donors (Lipinski definition) is 3. The zero-order valence-corrected chi connectivity index (χ0v) is 21.3. The Morgan fingerprint density at radius 1 is 1.06 bits per heavy atom. The number of aryl methyl sites for hydroxylation is 1. The highest BCUT2D eigenvalue weighted by Crippen LogP contribution is 2.17. The van der Waals surface area contributed by atoms with Gasteiger partial charge in [-0.2, -0.15) is 0 Å². The lowest BCUT2D eigenvalue weighted by Crippen LogP contribution is -2.48. The van der Waals surface area contributed by atoms with E-state index in [1.54, 1.807) is 45.2 Å². The molecule has 35 heavy (non-hydrogen) atoms. The Balaban J connectivity index is 2.12. The van der Waals surface area contributed by atoms with Crippen molar-refractivity contribution in [1.82, 2.24) is 14.9 Å². The predicted molar refractivity (Wildman–Crippen MR) is 133 cm³/mol. The van der Waals surface area contributed by atoms with Gasteiger partial charge in [0.2, 0.25) is 21.8 Å². The van der Waals surface area contributed by atoms with Gasteiger partial charge >= 0.3 is 0 Å². The summed E-state index contributed by atoms with van der Waals surface area (Å²) in [7, 11) is -1.96. The number of carbonyl (C=O) groups is 2. The lowest BCUT2D eigenvalue weighted by molar-refractivity contribution is -0.140. The quantitative estimate of drug-likeness (QED) is 0.337. The molecule has 0 aliphatic rings. The first-order valence-electron chi connectivity index (χ1n) is 11.6. The van der Waals surface area contributed by atoms with E-state index in [-0.39, 0.29) is 36.3 Å². The number of benzene rings is 2. The Kier molecular flexibility index (Phi) is 11.2. The van der Waals surface area contributed by atoms with E-state index in [1.165, 1.54) is 17.0 Å². The van der Waals surface area contributed by atoms with E-state index in [0.29, 0.717) is 31.7 Å². The summed E-state index contributed by atoms with van der Waals surface area (Å²) in [6, 6.07) is 13.0. The van der Waals surface area contributed by atoms with E-state index in [1.807, 2.05) is 12.1 Å². The molecule has 0 aliphatic heterocycles. The molecule has 0 saturated carbocycles. The van der Waals surface area contributed by atoms with Crippen molar-refractivity contribution in [3.05, 3.63) is 59.7 Å². The average Bonchev–Trinajstić information content (AvgIpc) is 2.86. The van der Waals surface area contributed by atoms with Crippen LogP contribution < -0.4 is 14.8 Å². The first-order chi connectivity index (χ1) is 16.7. The molecule has 192 valence electrons. The van der Waals surface area contributed by atoms with Gasteiger partial charge in [-0.05, 0) is 55.2 Å². The van der Waals surface area contributed by atoms with Crippen LogP contribution in [0.3, 0.4) is 0 Å². The largest absolute Gasteiger partial charge is 0.497 e. The highest BCUT2D eigenvalue weighted by molar-refractivity contribution is 7.89. The molecule has 1 atom stereocenters. The number of carbonyl (C=O) groups excluding carboxylic acids is 2. The van der Waals surface area contributed by atoms with E-state index in [4.69, 9.17) is 9.84 Å². The third-order valence-corrected chi connectivity index (χ3v) is 7.07. The smallest absolute Gasteiger partial charge is 0.242 e. The van der Waals surface area contributed by atoms with E-state index in [0.717, 1.165) is 11.1 Å². The van der Waals surface area contributed by atoms with Gasteiger partial charge in [0.25, 0.3) is 0 Å². The molecule has 9 nitrogen and oxygen atoms in total. The molecular weight excluding hydrogens is 470 g/mol. The fourth-order valence-corrected chi connectivity index (χ4v) is 4.49. The van der Waals surface area contributed by atoms with Crippen molar-refractivity contribution >= 4 is 21.8 Å². The molecular formula is C25H35N3O6S. The molecule has 1 unspecified atom stereocenters. The minimum atomic E-state index is -3.54. The van der Waals surface area contributed by atoms with Crippen LogP contribution in [0.15, 0.2) is 53.4 Å². The van der Waals surface area contributed by atoms with Gasteiger partial charge < -0.3 is 20.1 Å². The Labute approximate surface area is 207 Å². The standard InChI is InChI=1S/C25H35N3O6S/c1-4-27-35(32,33)23-13-8-20(9-14-23)10-15-24(30)28(19(2)25(31)26-16-5-17-29)18-21-6-11-22(34-3)12-7-21/h6-9,11-14,19,27,29H,4-5,10,15-18H2,1-3H3,(H,26,31). The summed E-state index contributed by atoms with van der Waals surface area (Å²) in [6.07, 6.45) is 0.992. The van der Waals surface area contributed by atoms with Gasteiger partial charge in [0.05, 0.1) is 12.0 Å². The highest BCUT2D eigenvalue weighted by Gasteiger charge is 2.26. The molecule has 0 fully saturated rings. The molecule has 0 heterocycles. The molecule has 2 aromatic carbocycles. The summed E-state index contributed by atoms with van der Waals surface area (Å²) in [6.45, 7) is 4.23. The third kappa shape index (κ3) is 8.65. The molecule has 0 bridgehead atoms. The van der Waals surface area contributed by atoms with Crippen LogP contribution in [0.4, 0.5) is 0 Å². The van der Waals surface area contributed by atoms with Crippen molar-refractivity contribution in [2.45, 2.75) is 50.6 Å². The molecule has 3 N–H and O–H groups in total. The topological polar surface area (TPSA) is 125 Å². The van der Waals surface area contributed by atoms with Gasteiger partial charge in [0.15, 0.2) is 0 Å². The lowest BCUT2D eigenvalue weighted by Gasteiger charge is -2.29. The van der Waals surface area contributed by atoms with Crippen LogP contribution in [0.2, 0.25) is 0 Å². The molecule has 10 heteroatoms. The van der Waals surface area contributed by atoms with Gasteiger partial charge in [-0.1, -0.05) is 31.2 Å². The number of rotatable bonds is 14. The van der Waals surface area contributed by atoms with Crippen LogP contribution in [0.25, 0.3) is 0 Å². The number of nitrogens with one attached hydrogen (secondary N) is 2. The minimum Gasteiger partial charge on any atom is -0.497 e. The van der Waals surface area contributed by atoms with Crippen molar-refractivity contribution in [2.24, 2.45) is 0 Å². The summed E-state index contributed by atoms with van der Waals surface area (Å²) in [4.78, 5) is 27.5. The van der Waals surface area contributed by atoms with Crippen LogP contribution in [-0.4, -0.2) is 63.1 Å².